The zero-order valence-corrected chi connectivity index (χ0v) is 5.31. The van der Waals surface area contributed by atoms with Crippen molar-refractivity contribution in [2.24, 2.45) is 11.5 Å². The Hall–Kier alpha value is -0.860. The van der Waals surface area contributed by atoms with Crippen molar-refractivity contribution in [3.63, 3.8) is 0 Å². The third-order valence-electron chi connectivity index (χ3n) is 0.583. The molecule has 0 amide bonds. The second kappa shape index (κ2) is 3.18. The topological polar surface area (TPSA) is 64.1 Å². The van der Waals surface area contributed by atoms with E-state index in [0.29, 0.717) is 11.9 Å². The van der Waals surface area contributed by atoms with Crippen molar-refractivity contribution in [1.29, 1.82) is 0 Å². The molecule has 0 aromatic heterocycles. The van der Waals surface area contributed by atoms with E-state index >= 15 is 0 Å². The lowest BCUT2D eigenvalue weighted by Crippen LogP contribution is -2.20. The van der Waals surface area contributed by atoms with Crippen LogP contribution in [0, 0.1) is 0 Å². The Balaban J connectivity index is 3.29. The fourth-order valence-corrected chi connectivity index (χ4v) is 0.263. The number of hydrogen-bond donors (Lipinski definition) is 3. The predicted octanol–water partition coefficient (Wildman–Crippen LogP) is -0.299. The van der Waals surface area contributed by atoms with Crippen LogP contribution in [0.25, 0.3) is 0 Å². The monoisotopic (exact) mass is 115 g/mol. The average Bonchev–Trinajstić information content (AvgIpc) is 1.61. The van der Waals surface area contributed by atoms with Gasteiger partial charge in [-0.25, -0.2) is 0 Å². The molecular formula is C5H13N3. The Kier molecular flexibility index (Phi) is 2.84. The van der Waals surface area contributed by atoms with E-state index in [9.17, 15) is 0 Å². The normalized spacial score (nSPS) is 8.88. The first kappa shape index (κ1) is 7.14. The van der Waals surface area contributed by atoms with Gasteiger partial charge < -0.3 is 16.8 Å². The molecule has 0 saturated heterocycles. The van der Waals surface area contributed by atoms with Gasteiger partial charge >= 0.3 is 0 Å². The molecule has 0 bridgehead atoms. The van der Waals surface area contributed by atoms with E-state index in [1.54, 1.807) is 6.20 Å². The molecule has 0 radical (unpaired) electrons. The van der Waals surface area contributed by atoms with E-state index < -0.39 is 0 Å². The molecule has 0 aromatic carbocycles. The first-order valence-corrected chi connectivity index (χ1v) is 2.60. The lowest BCUT2D eigenvalue weighted by molar-refractivity contribution is 0.696. The first-order chi connectivity index (χ1) is 3.63. The highest BCUT2D eigenvalue weighted by atomic mass is 14.9. The summed E-state index contributed by atoms with van der Waals surface area (Å²) in [6.45, 7) is 4.03. The molecule has 48 valence electrons. The van der Waals surface area contributed by atoms with Gasteiger partial charge in [0.15, 0.2) is 0 Å². The molecule has 3 nitrogen and oxygen atoms in total. The molecule has 0 rings (SSSR count). The van der Waals surface area contributed by atoms with Crippen LogP contribution in [0.1, 0.15) is 13.8 Å². The Morgan fingerprint density at radius 1 is 1.50 bits per heavy atom. The molecule has 5 N–H and O–H groups in total. The average molecular weight is 115 g/mol. The maximum Gasteiger partial charge on any atom is 0.110 e. The summed E-state index contributed by atoms with van der Waals surface area (Å²) < 4.78 is 0. The van der Waals surface area contributed by atoms with Gasteiger partial charge in [0.2, 0.25) is 0 Å². The van der Waals surface area contributed by atoms with Crippen molar-refractivity contribution < 1.29 is 0 Å². The number of hydrogen-bond acceptors (Lipinski definition) is 3. The Labute approximate surface area is 49.7 Å². The van der Waals surface area contributed by atoms with Gasteiger partial charge in [-0.1, -0.05) is 0 Å². The fraction of sp³-hybridized carbons (Fsp3) is 0.600. The third-order valence-corrected chi connectivity index (χ3v) is 0.583. The van der Waals surface area contributed by atoms with Crippen LogP contribution >= 0.6 is 0 Å². The lowest BCUT2D eigenvalue weighted by Gasteiger charge is -2.02. The van der Waals surface area contributed by atoms with Crippen LogP contribution in [-0.4, -0.2) is 6.04 Å². The molecule has 0 atom stereocenters. The van der Waals surface area contributed by atoms with Crippen molar-refractivity contribution in [1.82, 2.24) is 5.32 Å². The first-order valence-electron chi connectivity index (χ1n) is 2.60. The zero-order chi connectivity index (χ0) is 6.57. The SMILES string of the molecule is CC(C)NC=C(N)N. The molecule has 8 heavy (non-hydrogen) atoms. The second-order valence-corrected chi connectivity index (χ2v) is 1.97. The molecule has 0 heterocycles. The molecule has 0 unspecified atom stereocenters. The van der Waals surface area contributed by atoms with Crippen molar-refractivity contribution in [2.45, 2.75) is 19.9 Å². The summed E-state index contributed by atoms with van der Waals surface area (Å²) in [5.74, 6) is 0.318. The largest absolute Gasteiger partial charge is 0.386 e. The van der Waals surface area contributed by atoms with E-state index in [0.717, 1.165) is 0 Å². The molecule has 3 heteroatoms. The third kappa shape index (κ3) is 5.14. The summed E-state index contributed by atoms with van der Waals surface area (Å²) >= 11 is 0. The Morgan fingerprint density at radius 3 is 2.12 bits per heavy atom. The summed E-state index contributed by atoms with van der Waals surface area (Å²) in [5, 5.41) is 2.93. The van der Waals surface area contributed by atoms with E-state index in [1.165, 1.54) is 0 Å². The highest BCUT2D eigenvalue weighted by molar-refractivity contribution is 4.88. The molecular weight excluding hydrogens is 102 g/mol. The maximum atomic E-state index is 5.12. The summed E-state index contributed by atoms with van der Waals surface area (Å²) in [5.41, 5.74) is 10.2. The molecule has 0 aliphatic heterocycles. The lowest BCUT2D eigenvalue weighted by atomic mass is 10.4. The van der Waals surface area contributed by atoms with E-state index in [4.69, 9.17) is 11.5 Å². The van der Waals surface area contributed by atoms with Crippen LogP contribution in [0.15, 0.2) is 12.0 Å². The summed E-state index contributed by atoms with van der Waals surface area (Å²) in [7, 11) is 0. The standard InChI is InChI=1S/C5H13N3/c1-4(2)8-3-5(6)7/h3-4,8H,6-7H2,1-2H3. The van der Waals surface area contributed by atoms with Gasteiger partial charge in [-0.3, -0.25) is 0 Å². The van der Waals surface area contributed by atoms with E-state index in [-0.39, 0.29) is 0 Å². The summed E-state index contributed by atoms with van der Waals surface area (Å²) in [6, 6.07) is 0.400. The van der Waals surface area contributed by atoms with Crippen molar-refractivity contribution in [3.8, 4) is 0 Å². The van der Waals surface area contributed by atoms with E-state index in [1.807, 2.05) is 13.8 Å². The minimum absolute atomic E-state index is 0.318. The van der Waals surface area contributed by atoms with Crippen LogP contribution in [0.2, 0.25) is 0 Å². The maximum absolute atomic E-state index is 5.12. The minimum atomic E-state index is 0.318. The van der Waals surface area contributed by atoms with Gasteiger partial charge in [0.05, 0.1) is 0 Å². The Morgan fingerprint density at radius 2 is 2.00 bits per heavy atom. The molecule has 0 spiro atoms. The van der Waals surface area contributed by atoms with Gasteiger partial charge in [0, 0.05) is 12.2 Å². The minimum Gasteiger partial charge on any atom is -0.386 e. The fourth-order valence-electron chi connectivity index (χ4n) is 0.263. The number of nitrogens with two attached hydrogens (primary N) is 2. The molecule has 0 aliphatic rings. The molecule has 0 aliphatic carbocycles. The van der Waals surface area contributed by atoms with Crippen molar-refractivity contribution in [2.75, 3.05) is 0 Å². The van der Waals surface area contributed by atoms with Crippen LogP contribution in [0.4, 0.5) is 0 Å². The van der Waals surface area contributed by atoms with Gasteiger partial charge in [0.1, 0.15) is 5.82 Å². The van der Waals surface area contributed by atoms with Gasteiger partial charge in [-0.15, -0.1) is 0 Å². The summed E-state index contributed by atoms with van der Waals surface area (Å²) in [4.78, 5) is 0. The van der Waals surface area contributed by atoms with Gasteiger partial charge in [0.25, 0.3) is 0 Å². The van der Waals surface area contributed by atoms with Crippen molar-refractivity contribution >= 4 is 0 Å². The molecule has 0 saturated carbocycles. The van der Waals surface area contributed by atoms with Gasteiger partial charge in [-0.2, -0.15) is 0 Å². The zero-order valence-electron chi connectivity index (χ0n) is 5.31. The highest BCUT2D eigenvalue weighted by Crippen LogP contribution is 1.74. The van der Waals surface area contributed by atoms with Gasteiger partial charge in [-0.05, 0) is 13.8 Å². The highest BCUT2D eigenvalue weighted by Gasteiger charge is 1.83. The summed E-state index contributed by atoms with van der Waals surface area (Å²) in [6.07, 6.45) is 1.59. The van der Waals surface area contributed by atoms with E-state index in [2.05, 4.69) is 5.32 Å². The van der Waals surface area contributed by atoms with Crippen LogP contribution in [-0.2, 0) is 0 Å². The quantitative estimate of drug-likeness (QED) is 0.463. The molecule has 0 aromatic rings. The molecule has 0 fully saturated rings. The second-order valence-electron chi connectivity index (χ2n) is 1.97. The smallest absolute Gasteiger partial charge is 0.110 e. The van der Waals surface area contributed by atoms with Crippen molar-refractivity contribution in [3.05, 3.63) is 12.0 Å². The van der Waals surface area contributed by atoms with Crippen LogP contribution in [0.3, 0.4) is 0 Å². The predicted molar refractivity (Wildman–Crippen MR) is 34.7 cm³/mol. The number of rotatable bonds is 2. The number of nitrogens with one attached hydrogen (secondary N) is 1. The van der Waals surface area contributed by atoms with Crippen LogP contribution in [0.5, 0.6) is 0 Å². The Bertz CT molecular complexity index is 81.7. The van der Waals surface area contributed by atoms with Crippen LogP contribution < -0.4 is 16.8 Å².